The minimum absolute atomic E-state index is 0.0984. The monoisotopic (exact) mass is 547 g/mol. The van der Waals surface area contributed by atoms with Crippen molar-refractivity contribution in [1.29, 1.82) is 0 Å². The SMILES string of the molecule is CC[C@@H](C(=O)NC(C)C)N(Cc1cccc(OC)c1)C(=O)CN(c1ccc2c(c1)OCCO2)S(=O)(=O)CC. The summed E-state index contributed by atoms with van der Waals surface area (Å²) < 4.78 is 43.9. The number of fused-ring (bicyclic) bond motifs is 1. The Morgan fingerprint density at radius 3 is 2.39 bits per heavy atom. The zero-order valence-corrected chi connectivity index (χ0v) is 23.4. The van der Waals surface area contributed by atoms with Gasteiger partial charge in [-0.25, -0.2) is 8.42 Å². The number of hydrogen-bond donors (Lipinski definition) is 1. The van der Waals surface area contributed by atoms with Gasteiger partial charge in [0.2, 0.25) is 21.8 Å². The number of ether oxygens (including phenoxy) is 3. The maximum Gasteiger partial charge on any atom is 0.244 e. The number of carbonyl (C=O) groups is 2. The highest BCUT2D eigenvalue weighted by molar-refractivity contribution is 7.92. The summed E-state index contributed by atoms with van der Waals surface area (Å²) in [7, 11) is -2.31. The molecule has 3 rings (SSSR count). The van der Waals surface area contributed by atoms with Gasteiger partial charge in [-0.05, 0) is 57.0 Å². The second kappa shape index (κ2) is 12.9. The van der Waals surface area contributed by atoms with Crippen LogP contribution in [0.4, 0.5) is 5.69 Å². The molecule has 11 heteroatoms. The number of nitrogens with zero attached hydrogens (tertiary/aromatic N) is 2. The van der Waals surface area contributed by atoms with E-state index in [1.807, 2.05) is 26.8 Å². The lowest BCUT2D eigenvalue weighted by molar-refractivity contribution is -0.140. The molecule has 0 fully saturated rings. The van der Waals surface area contributed by atoms with Crippen LogP contribution in [0.5, 0.6) is 17.2 Å². The minimum atomic E-state index is -3.85. The topological polar surface area (TPSA) is 114 Å². The zero-order chi connectivity index (χ0) is 27.9. The number of benzene rings is 2. The third kappa shape index (κ3) is 7.09. The Hall–Kier alpha value is -3.47. The summed E-state index contributed by atoms with van der Waals surface area (Å²) in [5.41, 5.74) is 1.03. The highest BCUT2D eigenvalue weighted by Gasteiger charge is 2.33. The fourth-order valence-electron chi connectivity index (χ4n) is 4.17. The molecule has 1 aliphatic rings. The number of sulfonamides is 1. The second-order valence-electron chi connectivity index (χ2n) is 9.20. The normalized spacial score (nSPS) is 13.5. The molecule has 1 N–H and O–H groups in total. The molecule has 0 bridgehead atoms. The smallest absolute Gasteiger partial charge is 0.244 e. The van der Waals surface area contributed by atoms with Crippen LogP contribution in [-0.2, 0) is 26.2 Å². The van der Waals surface area contributed by atoms with Crippen LogP contribution in [-0.4, -0.2) is 69.8 Å². The van der Waals surface area contributed by atoms with Gasteiger partial charge in [0, 0.05) is 18.7 Å². The molecule has 208 valence electrons. The van der Waals surface area contributed by atoms with Gasteiger partial charge in [0.15, 0.2) is 11.5 Å². The number of methoxy groups -OCH3 is 1. The number of amides is 2. The van der Waals surface area contributed by atoms with Gasteiger partial charge in [0.05, 0.1) is 18.6 Å². The first-order chi connectivity index (χ1) is 18.1. The van der Waals surface area contributed by atoms with Crippen molar-refractivity contribution in [1.82, 2.24) is 10.2 Å². The lowest BCUT2D eigenvalue weighted by Gasteiger charge is -2.33. The van der Waals surface area contributed by atoms with Gasteiger partial charge in [-0.15, -0.1) is 0 Å². The number of carbonyl (C=O) groups excluding carboxylic acids is 2. The van der Waals surface area contributed by atoms with Gasteiger partial charge in [0.25, 0.3) is 0 Å². The molecular weight excluding hydrogens is 510 g/mol. The van der Waals surface area contributed by atoms with Crippen LogP contribution in [0.1, 0.15) is 39.7 Å². The van der Waals surface area contributed by atoms with E-state index < -0.39 is 28.5 Å². The Balaban J connectivity index is 1.99. The van der Waals surface area contributed by atoms with E-state index in [9.17, 15) is 18.0 Å². The molecule has 1 heterocycles. The van der Waals surface area contributed by atoms with Crippen molar-refractivity contribution in [2.45, 2.75) is 52.7 Å². The quantitative estimate of drug-likeness (QED) is 0.435. The number of anilines is 1. The molecule has 0 unspecified atom stereocenters. The first kappa shape index (κ1) is 29.1. The van der Waals surface area contributed by atoms with E-state index in [1.165, 1.54) is 11.8 Å². The van der Waals surface area contributed by atoms with E-state index in [2.05, 4.69) is 5.32 Å². The maximum atomic E-state index is 13.9. The Labute approximate surface area is 224 Å². The van der Waals surface area contributed by atoms with Crippen molar-refractivity contribution >= 4 is 27.5 Å². The Morgan fingerprint density at radius 2 is 1.76 bits per heavy atom. The summed E-state index contributed by atoms with van der Waals surface area (Å²) in [6, 6.07) is 11.1. The van der Waals surface area contributed by atoms with E-state index in [1.54, 1.807) is 43.5 Å². The predicted molar refractivity (Wildman–Crippen MR) is 145 cm³/mol. The average Bonchev–Trinajstić information content (AvgIpc) is 2.90. The van der Waals surface area contributed by atoms with Crippen molar-refractivity contribution in [3.05, 3.63) is 48.0 Å². The van der Waals surface area contributed by atoms with Crippen LogP contribution in [0.3, 0.4) is 0 Å². The number of rotatable bonds is 12. The molecule has 0 radical (unpaired) electrons. The van der Waals surface area contributed by atoms with Crippen LogP contribution in [0.15, 0.2) is 42.5 Å². The van der Waals surface area contributed by atoms with E-state index in [0.29, 0.717) is 36.9 Å². The molecule has 1 aliphatic heterocycles. The van der Waals surface area contributed by atoms with E-state index >= 15 is 0 Å². The standard InChI is InChI=1S/C27H37N3O7S/c1-6-23(27(32)28-19(3)4)29(17-20-9-8-10-22(15-20)35-5)26(31)18-30(38(33,34)7-2)21-11-12-24-25(16-21)37-14-13-36-24/h8-12,15-16,19,23H,6-7,13-14,17-18H2,1-5H3,(H,28,32)/t23-/m0/s1. The molecule has 1 atom stereocenters. The van der Waals surface area contributed by atoms with Gasteiger partial charge in [-0.1, -0.05) is 19.1 Å². The molecule has 0 saturated heterocycles. The molecule has 2 aromatic carbocycles. The van der Waals surface area contributed by atoms with Gasteiger partial charge in [-0.3, -0.25) is 13.9 Å². The highest BCUT2D eigenvalue weighted by Crippen LogP contribution is 2.35. The minimum Gasteiger partial charge on any atom is -0.497 e. The summed E-state index contributed by atoms with van der Waals surface area (Å²) in [4.78, 5) is 28.4. The van der Waals surface area contributed by atoms with Crippen molar-refractivity contribution in [3.63, 3.8) is 0 Å². The fourth-order valence-corrected chi connectivity index (χ4v) is 5.23. The third-order valence-electron chi connectivity index (χ3n) is 6.10. The Morgan fingerprint density at radius 1 is 1.05 bits per heavy atom. The van der Waals surface area contributed by atoms with Gasteiger partial charge in [0.1, 0.15) is 31.5 Å². The van der Waals surface area contributed by atoms with Crippen molar-refractivity contribution in [3.8, 4) is 17.2 Å². The van der Waals surface area contributed by atoms with E-state index in [-0.39, 0.29) is 29.9 Å². The Bertz CT molecular complexity index is 1230. The molecule has 10 nitrogen and oxygen atoms in total. The highest BCUT2D eigenvalue weighted by atomic mass is 32.2. The molecule has 0 aromatic heterocycles. The molecule has 2 amide bonds. The third-order valence-corrected chi connectivity index (χ3v) is 7.84. The average molecular weight is 548 g/mol. The molecule has 38 heavy (non-hydrogen) atoms. The van der Waals surface area contributed by atoms with E-state index in [0.717, 1.165) is 9.87 Å². The molecule has 0 spiro atoms. The van der Waals surface area contributed by atoms with Crippen LogP contribution < -0.4 is 23.8 Å². The lowest BCUT2D eigenvalue weighted by atomic mass is 10.1. The summed E-state index contributed by atoms with van der Waals surface area (Å²) in [5, 5.41) is 2.88. The summed E-state index contributed by atoms with van der Waals surface area (Å²) in [5.74, 6) is 0.509. The van der Waals surface area contributed by atoms with Gasteiger partial charge in [-0.2, -0.15) is 0 Å². The van der Waals surface area contributed by atoms with Crippen molar-refractivity contribution < 1.29 is 32.2 Å². The number of nitrogens with one attached hydrogen (secondary N) is 1. The van der Waals surface area contributed by atoms with Crippen LogP contribution in [0.2, 0.25) is 0 Å². The first-order valence-electron chi connectivity index (χ1n) is 12.7. The summed E-state index contributed by atoms with van der Waals surface area (Å²) >= 11 is 0. The van der Waals surface area contributed by atoms with Crippen LogP contribution in [0.25, 0.3) is 0 Å². The fraction of sp³-hybridized carbons (Fsp3) is 0.481. The lowest BCUT2D eigenvalue weighted by Crippen LogP contribution is -2.53. The summed E-state index contributed by atoms with van der Waals surface area (Å²) in [6.45, 7) is 7.38. The number of hydrogen-bond acceptors (Lipinski definition) is 7. The van der Waals surface area contributed by atoms with E-state index in [4.69, 9.17) is 14.2 Å². The summed E-state index contributed by atoms with van der Waals surface area (Å²) in [6.07, 6.45) is 0.346. The Kier molecular flexibility index (Phi) is 9.84. The molecule has 0 saturated carbocycles. The largest absolute Gasteiger partial charge is 0.497 e. The van der Waals surface area contributed by atoms with Crippen molar-refractivity contribution in [2.24, 2.45) is 0 Å². The molecular formula is C27H37N3O7S. The zero-order valence-electron chi connectivity index (χ0n) is 22.6. The second-order valence-corrected chi connectivity index (χ2v) is 11.4. The van der Waals surface area contributed by atoms with Gasteiger partial charge >= 0.3 is 0 Å². The molecule has 0 aliphatic carbocycles. The predicted octanol–water partition coefficient (Wildman–Crippen LogP) is 2.95. The van der Waals surface area contributed by atoms with Crippen LogP contribution in [0, 0.1) is 0 Å². The van der Waals surface area contributed by atoms with Gasteiger partial charge < -0.3 is 24.4 Å². The van der Waals surface area contributed by atoms with Crippen molar-refractivity contribution in [2.75, 3.05) is 36.9 Å². The molecule has 2 aromatic rings. The maximum absolute atomic E-state index is 13.9. The van der Waals surface area contributed by atoms with Crippen LogP contribution >= 0.6 is 0 Å². The first-order valence-corrected chi connectivity index (χ1v) is 14.3.